The van der Waals surface area contributed by atoms with Crippen molar-refractivity contribution in [3.8, 4) is 0 Å². The number of likely N-dealkylation sites (tertiary alicyclic amines) is 2. The van der Waals surface area contributed by atoms with Crippen LogP contribution in [-0.2, 0) is 0 Å². The summed E-state index contributed by atoms with van der Waals surface area (Å²) < 4.78 is 0. The van der Waals surface area contributed by atoms with Gasteiger partial charge in [-0.05, 0) is 64.3 Å². The third kappa shape index (κ3) is 4.42. The second-order valence-corrected chi connectivity index (χ2v) is 4.89. The van der Waals surface area contributed by atoms with Gasteiger partial charge in [-0.15, -0.1) is 0 Å². The van der Waals surface area contributed by atoms with Crippen LogP contribution in [0.3, 0.4) is 0 Å². The summed E-state index contributed by atoms with van der Waals surface area (Å²) in [6, 6.07) is 0. The normalized spacial score (nSPS) is 24.2. The van der Waals surface area contributed by atoms with E-state index in [-0.39, 0.29) is 0 Å². The van der Waals surface area contributed by atoms with Crippen molar-refractivity contribution in [3.63, 3.8) is 0 Å². The van der Waals surface area contributed by atoms with Crippen molar-refractivity contribution in [2.45, 2.75) is 46.5 Å². The van der Waals surface area contributed by atoms with Crippen LogP contribution in [0.25, 0.3) is 0 Å². The predicted molar refractivity (Wildman–Crippen MR) is 71.9 cm³/mol. The molecular formula is C14H30N2. The van der Waals surface area contributed by atoms with E-state index in [2.05, 4.69) is 16.7 Å². The van der Waals surface area contributed by atoms with E-state index in [0.717, 1.165) is 5.92 Å². The first kappa shape index (κ1) is 14.0. The monoisotopic (exact) mass is 226 g/mol. The zero-order chi connectivity index (χ0) is 11.8. The SMILES string of the molecule is CC.CCN1CCC(CN2CCCC2)CC1. The molecule has 2 fully saturated rings. The molecule has 2 aliphatic heterocycles. The first-order chi connectivity index (χ1) is 7.88. The quantitative estimate of drug-likeness (QED) is 0.730. The number of hydrogen-bond donors (Lipinski definition) is 0. The Labute approximate surface area is 102 Å². The Kier molecular flexibility index (Phi) is 7.06. The highest BCUT2D eigenvalue weighted by Crippen LogP contribution is 2.20. The second-order valence-electron chi connectivity index (χ2n) is 4.89. The van der Waals surface area contributed by atoms with Gasteiger partial charge in [-0.2, -0.15) is 0 Å². The Morgan fingerprint density at radius 1 is 0.875 bits per heavy atom. The molecule has 2 heterocycles. The van der Waals surface area contributed by atoms with Crippen molar-refractivity contribution in [2.24, 2.45) is 5.92 Å². The van der Waals surface area contributed by atoms with Crippen LogP contribution in [0.2, 0.25) is 0 Å². The lowest BCUT2D eigenvalue weighted by atomic mass is 9.96. The maximum Gasteiger partial charge on any atom is 0.00106 e. The zero-order valence-electron chi connectivity index (χ0n) is 11.5. The lowest BCUT2D eigenvalue weighted by molar-refractivity contribution is 0.159. The minimum Gasteiger partial charge on any atom is -0.304 e. The topological polar surface area (TPSA) is 6.48 Å². The van der Waals surface area contributed by atoms with E-state index >= 15 is 0 Å². The molecule has 2 heteroatoms. The van der Waals surface area contributed by atoms with Gasteiger partial charge in [0, 0.05) is 6.54 Å². The van der Waals surface area contributed by atoms with Gasteiger partial charge in [-0.25, -0.2) is 0 Å². The molecule has 96 valence electrons. The number of hydrogen-bond acceptors (Lipinski definition) is 2. The van der Waals surface area contributed by atoms with Gasteiger partial charge in [0.25, 0.3) is 0 Å². The molecule has 2 aliphatic rings. The standard InChI is InChI=1S/C12H24N2.C2H6/c1-2-13-9-5-12(6-10-13)11-14-7-3-4-8-14;1-2/h12H,2-11H2,1H3;1-2H3. The van der Waals surface area contributed by atoms with Gasteiger partial charge in [0.15, 0.2) is 0 Å². The van der Waals surface area contributed by atoms with Crippen molar-refractivity contribution in [1.29, 1.82) is 0 Å². The molecule has 0 aromatic heterocycles. The number of rotatable bonds is 3. The van der Waals surface area contributed by atoms with Crippen LogP contribution >= 0.6 is 0 Å². The van der Waals surface area contributed by atoms with Crippen LogP contribution in [0.15, 0.2) is 0 Å². The fourth-order valence-electron chi connectivity index (χ4n) is 2.82. The Balaban J connectivity index is 0.000000606. The van der Waals surface area contributed by atoms with E-state index in [1.807, 2.05) is 13.8 Å². The van der Waals surface area contributed by atoms with Crippen LogP contribution in [0.1, 0.15) is 46.5 Å². The maximum atomic E-state index is 2.67. The smallest absolute Gasteiger partial charge is 0.00106 e. The number of piperidine rings is 1. The van der Waals surface area contributed by atoms with Gasteiger partial charge in [0.1, 0.15) is 0 Å². The molecule has 0 spiro atoms. The second kappa shape index (κ2) is 8.08. The van der Waals surface area contributed by atoms with Gasteiger partial charge < -0.3 is 9.80 Å². The van der Waals surface area contributed by atoms with E-state index in [1.54, 1.807) is 0 Å². The Morgan fingerprint density at radius 3 is 1.94 bits per heavy atom. The molecule has 0 bridgehead atoms. The molecule has 0 amide bonds. The van der Waals surface area contributed by atoms with Crippen molar-refractivity contribution >= 4 is 0 Å². The number of nitrogens with zero attached hydrogens (tertiary/aromatic N) is 2. The summed E-state index contributed by atoms with van der Waals surface area (Å²) in [5.41, 5.74) is 0. The first-order valence-corrected chi connectivity index (χ1v) is 7.33. The van der Waals surface area contributed by atoms with E-state index in [0.29, 0.717) is 0 Å². The highest BCUT2D eigenvalue weighted by Gasteiger charge is 2.21. The fraction of sp³-hybridized carbons (Fsp3) is 1.00. The minimum absolute atomic E-state index is 0.996. The minimum atomic E-state index is 0.996. The molecule has 2 rings (SSSR count). The third-order valence-corrected chi connectivity index (χ3v) is 3.87. The van der Waals surface area contributed by atoms with Crippen LogP contribution in [0, 0.1) is 5.92 Å². The summed E-state index contributed by atoms with van der Waals surface area (Å²) in [5, 5.41) is 0. The van der Waals surface area contributed by atoms with Crippen LogP contribution in [-0.4, -0.2) is 49.1 Å². The molecule has 0 N–H and O–H groups in total. The zero-order valence-corrected chi connectivity index (χ0v) is 11.5. The lowest BCUT2D eigenvalue weighted by Crippen LogP contribution is -2.37. The summed E-state index contributed by atoms with van der Waals surface area (Å²) in [7, 11) is 0. The summed E-state index contributed by atoms with van der Waals surface area (Å²) in [6.07, 6.45) is 5.75. The highest BCUT2D eigenvalue weighted by molar-refractivity contribution is 4.76. The summed E-state index contributed by atoms with van der Waals surface area (Å²) >= 11 is 0. The molecular weight excluding hydrogens is 196 g/mol. The molecule has 0 unspecified atom stereocenters. The predicted octanol–water partition coefficient (Wildman–Crippen LogP) is 2.84. The van der Waals surface area contributed by atoms with Gasteiger partial charge in [0.05, 0.1) is 0 Å². The average Bonchev–Trinajstić information content (AvgIpc) is 2.86. The molecule has 0 aromatic carbocycles. The molecule has 0 radical (unpaired) electrons. The van der Waals surface area contributed by atoms with Crippen molar-refractivity contribution < 1.29 is 0 Å². The van der Waals surface area contributed by atoms with Crippen LogP contribution in [0.5, 0.6) is 0 Å². The van der Waals surface area contributed by atoms with Gasteiger partial charge in [-0.1, -0.05) is 20.8 Å². The summed E-state index contributed by atoms with van der Waals surface area (Å²) in [5.74, 6) is 0.996. The van der Waals surface area contributed by atoms with Crippen molar-refractivity contribution in [3.05, 3.63) is 0 Å². The lowest BCUT2D eigenvalue weighted by Gasteiger charge is -2.33. The van der Waals surface area contributed by atoms with Crippen molar-refractivity contribution in [2.75, 3.05) is 39.3 Å². The summed E-state index contributed by atoms with van der Waals surface area (Å²) in [4.78, 5) is 5.26. The van der Waals surface area contributed by atoms with E-state index in [1.165, 1.54) is 65.0 Å². The summed E-state index contributed by atoms with van der Waals surface area (Å²) in [6.45, 7) is 14.3. The van der Waals surface area contributed by atoms with E-state index in [9.17, 15) is 0 Å². The average molecular weight is 226 g/mol. The van der Waals surface area contributed by atoms with Crippen molar-refractivity contribution in [1.82, 2.24) is 9.80 Å². The largest absolute Gasteiger partial charge is 0.304 e. The fourth-order valence-corrected chi connectivity index (χ4v) is 2.82. The highest BCUT2D eigenvalue weighted by atomic mass is 15.2. The molecule has 2 nitrogen and oxygen atoms in total. The molecule has 0 atom stereocenters. The molecule has 0 saturated carbocycles. The van der Waals surface area contributed by atoms with Gasteiger partial charge in [0.2, 0.25) is 0 Å². The van der Waals surface area contributed by atoms with E-state index in [4.69, 9.17) is 0 Å². The Hall–Kier alpha value is -0.0800. The first-order valence-electron chi connectivity index (χ1n) is 7.33. The third-order valence-electron chi connectivity index (χ3n) is 3.87. The Morgan fingerprint density at radius 2 is 1.44 bits per heavy atom. The Bertz CT molecular complexity index is 156. The van der Waals surface area contributed by atoms with Crippen LogP contribution in [0.4, 0.5) is 0 Å². The van der Waals surface area contributed by atoms with Crippen LogP contribution < -0.4 is 0 Å². The molecule has 2 saturated heterocycles. The van der Waals surface area contributed by atoms with E-state index < -0.39 is 0 Å². The molecule has 0 aliphatic carbocycles. The maximum absolute atomic E-state index is 2.67. The molecule has 16 heavy (non-hydrogen) atoms. The molecule has 0 aromatic rings. The van der Waals surface area contributed by atoms with Gasteiger partial charge >= 0.3 is 0 Å². The van der Waals surface area contributed by atoms with Gasteiger partial charge in [-0.3, -0.25) is 0 Å².